The highest BCUT2D eigenvalue weighted by atomic mass is 32.2. The Kier molecular flexibility index (Phi) is 4.17. The first kappa shape index (κ1) is 17.5. The van der Waals surface area contributed by atoms with Gasteiger partial charge in [-0.15, -0.1) is 0 Å². The molecule has 7 nitrogen and oxygen atoms in total. The van der Waals surface area contributed by atoms with Crippen LogP contribution in [-0.4, -0.2) is 30.4 Å². The summed E-state index contributed by atoms with van der Waals surface area (Å²) in [7, 11) is -3.83. The van der Waals surface area contributed by atoms with Gasteiger partial charge >= 0.3 is 0 Å². The average molecular weight is 376 g/mol. The molecule has 26 heavy (non-hydrogen) atoms. The van der Waals surface area contributed by atoms with Crippen LogP contribution in [0.4, 0.5) is 14.5 Å². The smallest absolute Gasteiger partial charge is 0.229 e. The number of nitrogens with one attached hydrogen (secondary N) is 2. The number of aromatic nitrogens is 2. The molecule has 0 radical (unpaired) electrons. The standard InChI is InChI=1S/C16H10F2N4O3S/c1-26(24,25)22-12-3-2-11(17)13(14(12)18)15(23)10-7-21-16-9(10)4-8(5-19)6-20-16/h2-4,6-7,22H,1H3,(H,20,21). The number of halogens is 2. The van der Waals surface area contributed by atoms with E-state index < -0.39 is 38.7 Å². The van der Waals surface area contributed by atoms with Crippen molar-refractivity contribution in [2.45, 2.75) is 0 Å². The number of sulfonamides is 1. The number of carbonyl (C=O) groups excluding carboxylic acids is 1. The molecular formula is C16H10F2N4O3S. The van der Waals surface area contributed by atoms with E-state index in [0.717, 1.165) is 18.4 Å². The minimum atomic E-state index is -3.83. The zero-order valence-corrected chi connectivity index (χ0v) is 14.0. The van der Waals surface area contributed by atoms with E-state index in [-0.39, 0.29) is 22.2 Å². The number of carbonyl (C=O) groups is 1. The van der Waals surface area contributed by atoms with Crippen LogP contribution in [-0.2, 0) is 10.0 Å². The first-order valence-corrected chi connectivity index (χ1v) is 8.98. The summed E-state index contributed by atoms with van der Waals surface area (Å²) in [5, 5.41) is 9.16. The molecule has 0 aliphatic rings. The lowest BCUT2D eigenvalue weighted by molar-refractivity contribution is 0.103. The van der Waals surface area contributed by atoms with Gasteiger partial charge in [0.1, 0.15) is 17.5 Å². The molecule has 2 heterocycles. The Morgan fingerprint density at radius 3 is 2.73 bits per heavy atom. The van der Waals surface area contributed by atoms with Crippen LogP contribution < -0.4 is 4.72 Å². The number of nitrogens with zero attached hydrogens (tertiary/aromatic N) is 2. The first-order valence-electron chi connectivity index (χ1n) is 7.09. The summed E-state index contributed by atoms with van der Waals surface area (Å²) < 4.78 is 53.2. The highest BCUT2D eigenvalue weighted by Crippen LogP contribution is 2.27. The van der Waals surface area contributed by atoms with Gasteiger partial charge in [-0.1, -0.05) is 0 Å². The van der Waals surface area contributed by atoms with Gasteiger partial charge in [-0.2, -0.15) is 5.26 Å². The van der Waals surface area contributed by atoms with E-state index >= 15 is 0 Å². The molecule has 0 aliphatic carbocycles. The summed E-state index contributed by atoms with van der Waals surface area (Å²) in [6, 6.07) is 4.89. The van der Waals surface area contributed by atoms with Crippen molar-refractivity contribution >= 4 is 32.5 Å². The van der Waals surface area contributed by atoms with Crippen molar-refractivity contribution in [2.75, 3.05) is 11.0 Å². The van der Waals surface area contributed by atoms with E-state index in [0.29, 0.717) is 0 Å². The maximum absolute atomic E-state index is 14.6. The normalized spacial score (nSPS) is 11.3. The van der Waals surface area contributed by atoms with E-state index in [9.17, 15) is 22.0 Å². The summed E-state index contributed by atoms with van der Waals surface area (Å²) in [6.45, 7) is 0. The molecule has 0 fully saturated rings. The molecule has 132 valence electrons. The van der Waals surface area contributed by atoms with E-state index in [2.05, 4.69) is 9.97 Å². The van der Waals surface area contributed by atoms with Crippen molar-refractivity contribution < 1.29 is 22.0 Å². The molecule has 0 bridgehead atoms. The van der Waals surface area contributed by atoms with Crippen LogP contribution in [0.3, 0.4) is 0 Å². The molecule has 10 heteroatoms. The van der Waals surface area contributed by atoms with E-state index in [1.807, 2.05) is 10.8 Å². The fourth-order valence-corrected chi connectivity index (χ4v) is 2.98. The van der Waals surface area contributed by atoms with E-state index in [1.54, 1.807) is 0 Å². The van der Waals surface area contributed by atoms with Crippen LogP contribution in [0.2, 0.25) is 0 Å². The Morgan fingerprint density at radius 1 is 1.35 bits per heavy atom. The zero-order valence-electron chi connectivity index (χ0n) is 13.2. The molecule has 0 saturated carbocycles. The molecule has 2 N–H and O–H groups in total. The predicted octanol–water partition coefficient (Wildman–Crippen LogP) is 2.32. The third-order valence-corrected chi connectivity index (χ3v) is 4.11. The molecular weight excluding hydrogens is 366 g/mol. The topological polar surface area (TPSA) is 116 Å². The third-order valence-electron chi connectivity index (χ3n) is 3.52. The van der Waals surface area contributed by atoms with Gasteiger partial charge < -0.3 is 4.98 Å². The van der Waals surface area contributed by atoms with Gasteiger partial charge in [0.05, 0.1) is 23.1 Å². The number of fused-ring (bicyclic) bond motifs is 1. The molecule has 1 aromatic carbocycles. The maximum Gasteiger partial charge on any atom is 0.229 e. The van der Waals surface area contributed by atoms with E-state index in [1.165, 1.54) is 18.5 Å². The second kappa shape index (κ2) is 6.20. The number of benzene rings is 1. The van der Waals surface area contributed by atoms with Gasteiger partial charge in [0.15, 0.2) is 5.82 Å². The van der Waals surface area contributed by atoms with Gasteiger partial charge in [-0.25, -0.2) is 22.2 Å². The molecule has 3 aromatic rings. The van der Waals surface area contributed by atoms with Crippen LogP contribution in [0.1, 0.15) is 21.5 Å². The van der Waals surface area contributed by atoms with Crippen LogP contribution in [0.15, 0.2) is 30.6 Å². The Balaban J connectivity index is 2.17. The van der Waals surface area contributed by atoms with Crippen molar-refractivity contribution in [1.29, 1.82) is 5.26 Å². The average Bonchev–Trinajstić information content (AvgIpc) is 2.99. The van der Waals surface area contributed by atoms with Gasteiger partial charge in [-0.3, -0.25) is 9.52 Å². The minimum absolute atomic E-state index is 0.0982. The fourth-order valence-electron chi connectivity index (χ4n) is 2.43. The quantitative estimate of drug-likeness (QED) is 0.678. The highest BCUT2D eigenvalue weighted by molar-refractivity contribution is 7.92. The SMILES string of the molecule is CS(=O)(=O)Nc1ccc(F)c(C(=O)c2c[nH]c3ncc(C#N)cc23)c1F. The van der Waals surface area contributed by atoms with Crippen LogP contribution in [0.5, 0.6) is 0 Å². The van der Waals surface area contributed by atoms with Crippen LogP contribution in [0.25, 0.3) is 11.0 Å². The van der Waals surface area contributed by atoms with Crippen LogP contribution in [0, 0.1) is 23.0 Å². The lowest BCUT2D eigenvalue weighted by atomic mass is 10.0. The second-order valence-corrected chi connectivity index (χ2v) is 7.17. The highest BCUT2D eigenvalue weighted by Gasteiger charge is 2.25. The number of pyridine rings is 1. The Bertz CT molecular complexity index is 1200. The maximum atomic E-state index is 14.6. The Labute approximate surface area is 146 Å². The zero-order chi connectivity index (χ0) is 19.1. The molecule has 2 aromatic heterocycles. The summed E-state index contributed by atoms with van der Waals surface area (Å²) >= 11 is 0. The number of rotatable bonds is 4. The number of H-pyrrole nitrogens is 1. The number of nitriles is 1. The van der Waals surface area contributed by atoms with Crippen molar-refractivity contribution in [3.8, 4) is 6.07 Å². The van der Waals surface area contributed by atoms with E-state index in [4.69, 9.17) is 5.26 Å². The van der Waals surface area contributed by atoms with Crippen molar-refractivity contribution in [3.05, 3.63) is 58.9 Å². The lowest BCUT2D eigenvalue weighted by Gasteiger charge is -2.09. The predicted molar refractivity (Wildman–Crippen MR) is 89.1 cm³/mol. The van der Waals surface area contributed by atoms with Crippen molar-refractivity contribution in [1.82, 2.24) is 9.97 Å². The number of hydrogen-bond acceptors (Lipinski definition) is 5. The summed E-state index contributed by atoms with van der Waals surface area (Å²) in [5.74, 6) is -3.50. The van der Waals surface area contributed by atoms with Gasteiger partial charge in [0, 0.05) is 23.3 Å². The fraction of sp³-hybridized carbons (Fsp3) is 0.0625. The third kappa shape index (κ3) is 3.12. The monoisotopic (exact) mass is 376 g/mol. The lowest BCUT2D eigenvalue weighted by Crippen LogP contribution is -2.14. The summed E-state index contributed by atoms with van der Waals surface area (Å²) in [5.41, 5.74) is -1.13. The molecule has 0 atom stereocenters. The summed E-state index contributed by atoms with van der Waals surface area (Å²) in [4.78, 5) is 19.3. The second-order valence-electron chi connectivity index (χ2n) is 5.42. The number of hydrogen-bond donors (Lipinski definition) is 2. The van der Waals surface area contributed by atoms with Gasteiger partial charge in [0.25, 0.3) is 0 Å². The summed E-state index contributed by atoms with van der Waals surface area (Å²) in [6.07, 6.45) is 3.30. The number of ketones is 1. The Morgan fingerprint density at radius 2 is 2.08 bits per heavy atom. The van der Waals surface area contributed by atoms with Crippen LogP contribution >= 0.6 is 0 Å². The van der Waals surface area contributed by atoms with Gasteiger partial charge in [-0.05, 0) is 18.2 Å². The molecule has 0 amide bonds. The largest absolute Gasteiger partial charge is 0.345 e. The molecule has 0 aliphatic heterocycles. The molecule has 0 saturated heterocycles. The first-order chi connectivity index (χ1) is 12.2. The molecule has 3 rings (SSSR count). The molecule has 0 unspecified atom stereocenters. The van der Waals surface area contributed by atoms with Crippen molar-refractivity contribution in [3.63, 3.8) is 0 Å². The molecule has 0 spiro atoms. The van der Waals surface area contributed by atoms with Gasteiger partial charge in [0.2, 0.25) is 15.8 Å². The number of anilines is 1. The minimum Gasteiger partial charge on any atom is -0.345 e. The van der Waals surface area contributed by atoms with Crippen molar-refractivity contribution in [2.24, 2.45) is 0 Å². The number of aromatic amines is 1. The Hall–Kier alpha value is -3.32.